The van der Waals surface area contributed by atoms with Gasteiger partial charge in [-0.2, -0.15) is 0 Å². The Hall–Kier alpha value is -2.29. The number of benzene rings is 2. The minimum atomic E-state index is 0.0597. The lowest BCUT2D eigenvalue weighted by molar-refractivity contribution is -0.115. The number of hydrogen-bond donors (Lipinski definition) is 1. The van der Waals surface area contributed by atoms with Gasteiger partial charge in [0.05, 0.1) is 0 Å². The van der Waals surface area contributed by atoms with Gasteiger partial charge in [0.1, 0.15) is 0 Å². The first kappa shape index (κ1) is 16.6. The van der Waals surface area contributed by atoms with E-state index in [2.05, 4.69) is 52.7 Å². The molecule has 2 aromatic rings. The van der Waals surface area contributed by atoms with Gasteiger partial charge in [-0.1, -0.05) is 37.3 Å². The minimum Gasteiger partial charge on any atom is -0.372 e. The molecule has 1 aliphatic heterocycles. The van der Waals surface area contributed by atoms with Crippen molar-refractivity contribution in [3.8, 4) is 0 Å². The molecule has 3 heteroatoms. The van der Waals surface area contributed by atoms with E-state index in [4.69, 9.17) is 0 Å². The lowest BCUT2D eigenvalue weighted by atomic mass is 9.90. The third kappa shape index (κ3) is 4.38. The molecule has 1 heterocycles. The highest BCUT2D eigenvalue weighted by Crippen LogP contribution is 2.26. The molecular formula is C21H26N2O. The summed E-state index contributed by atoms with van der Waals surface area (Å²) in [5.74, 6) is 0.844. The Morgan fingerprint density at radius 2 is 1.71 bits per heavy atom. The molecule has 0 saturated carbocycles. The van der Waals surface area contributed by atoms with E-state index in [-0.39, 0.29) is 5.91 Å². The fourth-order valence-electron chi connectivity index (χ4n) is 3.35. The van der Waals surface area contributed by atoms with Gasteiger partial charge in [0.25, 0.3) is 0 Å². The zero-order chi connectivity index (χ0) is 16.8. The summed E-state index contributed by atoms with van der Waals surface area (Å²) in [6.07, 6.45) is 4.18. The molecule has 1 amide bonds. The van der Waals surface area contributed by atoms with Crippen LogP contribution in [0.3, 0.4) is 0 Å². The van der Waals surface area contributed by atoms with Crippen LogP contribution in [-0.4, -0.2) is 19.0 Å². The molecule has 1 fully saturated rings. The average molecular weight is 322 g/mol. The van der Waals surface area contributed by atoms with Crippen molar-refractivity contribution in [2.24, 2.45) is 5.92 Å². The van der Waals surface area contributed by atoms with Crippen LogP contribution in [0, 0.1) is 5.92 Å². The van der Waals surface area contributed by atoms with Gasteiger partial charge in [-0.15, -0.1) is 0 Å². The first-order valence-corrected chi connectivity index (χ1v) is 8.93. The lowest BCUT2D eigenvalue weighted by Gasteiger charge is -2.33. The fraction of sp³-hybridized carbons (Fsp3) is 0.381. The molecule has 1 N–H and O–H groups in total. The maximum atomic E-state index is 11.4. The number of carbonyl (C=O) groups excluding carboxylic acids is 1. The van der Waals surface area contributed by atoms with Crippen LogP contribution in [-0.2, 0) is 11.2 Å². The highest BCUT2D eigenvalue weighted by molar-refractivity contribution is 5.90. The van der Waals surface area contributed by atoms with Gasteiger partial charge < -0.3 is 10.2 Å². The molecule has 0 atom stereocenters. The van der Waals surface area contributed by atoms with Crippen LogP contribution in [0.15, 0.2) is 54.6 Å². The van der Waals surface area contributed by atoms with Crippen LogP contribution in [0.1, 0.15) is 31.7 Å². The third-order valence-electron chi connectivity index (χ3n) is 4.82. The molecule has 1 aliphatic rings. The van der Waals surface area contributed by atoms with E-state index >= 15 is 0 Å². The SMILES string of the molecule is CCC(=O)Nc1ccc(N2CCC(Cc3ccccc3)CC2)cc1. The van der Waals surface area contributed by atoms with Crippen LogP contribution >= 0.6 is 0 Å². The van der Waals surface area contributed by atoms with Gasteiger partial charge in [0.15, 0.2) is 0 Å². The zero-order valence-corrected chi connectivity index (χ0v) is 14.4. The van der Waals surface area contributed by atoms with Gasteiger partial charge in [0.2, 0.25) is 5.91 Å². The molecule has 0 unspecified atom stereocenters. The Morgan fingerprint density at radius 3 is 2.33 bits per heavy atom. The minimum absolute atomic E-state index is 0.0597. The molecular weight excluding hydrogens is 296 g/mol. The number of rotatable bonds is 5. The normalized spacial score (nSPS) is 15.3. The van der Waals surface area contributed by atoms with E-state index in [1.165, 1.54) is 30.5 Å². The van der Waals surface area contributed by atoms with Crippen molar-refractivity contribution in [2.75, 3.05) is 23.3 Å². The van der Waals surface area contributed by atoms with Crippen LogP contribution in [0.2, 0.25) is 0 Å². The van der Waals surface area contributed by atoms with E-state index in [1.807, 2.05) is 19.1 Å². The Balaban J connectivity index is 1.52. The number of nitrogens with zero attached hydrogens (tertiary/aromatic N) is 1. The van der Waals surface area contributed by atoms with Gasteiger partial charge >= 0.3 is 0 Å². The van der Waals surface area contributed by atoms with Crippen LogP contribution in [0.25, 0.3) is 0 Å². The van der Waals surface area contributed by atoms with E-state index in [0.29, 0.717) is 6.42 Å². The Bertz CT molecular complexity index is 643. The van der Waals surface area contributed by atoms with E-state index in [9.17, 15) is 4.79 Å². The van der Waals surface area contributed by atoms with Gasteiger partial charge in [-0.3, -0.25) is 4.79 Å². The van der Waals surface area contributed by atoms with Crippen LogP contribution in [0.4, 0.5) is 11.4 Å². The van der Waals surface area contributed by atoms with Crippen LogP contribution in [0.5, 0.6) is 0 Å². The standard InChI is InChI=1S/C21H26N2O/c1-2-21(24)22-19-8-10-20(11-9-19)23-14-12-18(13-15-23)16-17-6-4-3-5-7-17/h3-11,18H,2,12-16H2,1H3,(H,22,24). The number of amides is 1. The topological polar surface area (TPSA) is 32.3 Å². The first-order valence-electron chi connectivity index (χ1n) is 8.93. The number of nitrogens with one attached hydrogen (secondary N) is 1. The largest absolute Gasteiger partial charge is 0.372 e. The quantitative estimate of drug-likeness (QED) is 0.879. The molecule has 24 heavy (non-hydrogen) atoms. The first-order chi connectivity index (χ1) is 11.7. The molecule has 0 aliphatic carbocycles. The molecule has 0 spiro atoms. The summed E-state index contributed by atoms with van der Waals surface area (Å²) in [5, 5.41) is 2.90. The molecule has 0 aromatic heterocycles. The summed E-state index contributed by atoms with van der Waals surface area (Å²) in [4.78, 5) is 13.9. The van der Waals surface area contributed by atoms with E-state index < -0.39 is 0 Å². The molecule has 3 rings (SSSR count). The van der Waals surface area contributed by atoms with E-state index in [1.54, 1.807) is 0 Å². The Morgan fingerprint density at radius 1 is 1.04 bits per heavy atom. The fourth-order valence-corrected chi connectivity index (χ4v) is 3.35. The maximum absolute atomic E-state index is 11.4. The average Bonchev–Trinajstić information content (AvgIpc) is 2.64. The number of anilines is 2. The lowest BCUT2D eigenvalue weighted by Crippen LogP contribution is -2.34. The molecule has 0 radical (unpaired) electrons. The summed E-state index contributed by atoms with van der Waals surface area (Å²) < 4.78 is 0. The number of hydrogen-bond acceptors (Lipinski definition) is 2. The van der Waals surface area contributed by atoms with Crippen molar-refractivity contribution >= 4 is 17.3 Å². The predicted octanol–water partition coefficient (Wildman–Crippen LogP) is 4.49. The van der Waals surface area contributed by atoms with Crippen molar-refractivity contribution in [3.05, 3.63) is 60.2 Å². The zero-order valence-electron chi connectivity index (χ0n) is 14.4. The smallest absolute Gasteiger partial charge is 0.224 e. The highest BCUT2D eigenvalue weighted by atomic mass is 16.1. The highest BCUT2D eigenvalue weighted by Gasteiger charge is 2.19. The second-order valence-electron chi connectivity index (χ2n) is 6.57. The van der Waals surface area contributed by atoms with Gasteiger partial charge in [0, 0.05) is 30.9 Å². The molecule has 126 valence electrons. The molecule has 2 aromatic carbocycles. The molecule has 1 saturated heterocycles. The van der Waals surface area contributed by atoms with Gasteiger partial charge in [-0.25, -0.2) is 0 Å². The van der Waals surface area contributed by atoms with Crippen molar-refractivity contribution in [1.82, 2.24) is 0 Å². The predicted molar refractivity (Wildman–Crippen MR) is 100 cm³/mol. The monoisotopic (exact) mass is 322 g/mol. The third-order valence-corrected chi connectivity index (χ3v) is 4.82. The number of carbonyl (C=O) groups is 1. The van der Waals surface area contributed by atoms with Crippen molar-refractivity contribution in [3.63, 3.8) is 0 Å². The summed E-state index contributed by atoms with van der Waals surface area (Å²) >= 11 is 0. The van der Waals surface area contributed by atoms with Gasteiger partial charge in [-0.05, 0) is 55.0 Å². The summed E-state index contributed by atoms with van der Waals surface area (Å²) in [6.45, 7) is 4.08. The maximum Gasteiger partial charge on any atom is 0.224 e. The number of piperidine rings is 1. The van der Waals surface area contributed by atoms with Crippen molar-refractivity contribution in [2.45, 2.75) is 32.6 Å². The second-order valence-corrected chi connectivity index (χ2v) is 6.57. The summed E-state index contributed by atoms with van der Waals surface area (Å²) in [6, 6.07) is 19.0. The summed E-state index contributed by atoms with van der Waals surface area (Å²) in [5.41, 5.74) is 3.58. The molecule has 0 bridgehead atoms. The molecule has 3 nitrogen and oxygen atoms in total. The van der Waals surface area contributed by atoms with Crippen LogP contribution < -0.4 is 10.2 Å². The van der Waals surface area contributed by atoms with Crippen molar-refractivity contribution in [1.29, 1.82) is 0 Å². The Kier molecular flexibility index (Phi) is 5.52. The van der Waals surface area contributed by atoms with E-state index in [0.717, 1.165) is 24.7 Å². The Labute approximate surface area is 144 Å². The van der Waals surface area contributed by atoms with Crippen molar-refractivity contribution < 1.29 is 4.79 Å². The second kappa shape index (κ2) is 8.00. The summed E-state index contributed by atoms with van der Waals surface area (Å²) in [7, 11) is 0.